The Hall–Kier alpha value is -1.59. The number of nitrogens with one attached hydrogen (secondary N) is 2. The van der Waals surface area contributed by atoms with Gasteiger partial charge in [-0.2, -0.15) is 0 Å². The number of hydrogen-bond acceptors (Lipinski definition) is 3. The molecule has 0 aliphatic carbocycles. The summed E-state index contributed by atoms with van der Waals surface area (Å²) in [4.78, 5) is 23.5. The van der Waals surface area contributed by atoms with Gasteiger partial charge in [0.15, 0.2) is 6.04 Å². The minimum atomic E-state index is -1.11. The maximum atomic E-state index is 12.1. The Morgan fingerprint density at radius 2 is 2.19 bits per heavy atom. The summed E-state index contributed by atoms with van der Waals surface area (Å²) in [6.07, 6.45) is 2.37. The Balaban J connectivity index is 2.01. The van der Waals surface area contributed by atoms with E-state index in [0.717, 1.165) is 25.9 Å². The first kappa shape index (κ1) is 15.8. The molecule has 0 bridgehead atoms. The highest BCUT2D eigenvalue weighted by Crippen LogP contribution is 2.23. The molecule has 1 unspecified atom stereocenters. The molecule has 1 saturated heterocycles. The molecule has 0 aromatic heterocycles. The number of carbonyl (C=O) groups excluding carboxylic acids is 1. The number of halogens is 1. The standard InChI is InChI=1S/C15H19ClN2O3/c16-12-6-2-1-5-11(12)14(15(20)21)18-13(19)8-10-4-3-7-17-9-10/h1-2,5-6,10,14,17H,3-4,7-9H2,(H,18,19)(H,20,21)/t10?,14-/m1/s1. The molecule has 1 aliphatic rings. The lowest BCUT2D eigenvalue weighted by atomic mass is 9.95. The lowest BCUT2D eigenvalue weighted by Gasteiger charge is -2.23. The summed E-state index contributed by atoms with van der Waals surface area (Å²) in [5, 5.41) is 15.5. The number of aliphatic carboxylic acids is 1. The van der Waals surface area contributed by atoms with Crippen LogP contribution in [0.15, 0.2) is 24.3 Å². The van der Waals surface area contributed by atoms with Crippen LogP contribution in [0.3, 0.4) is 0 Å². The van der Waals surface area contributed by atoms with Crippen molar-refractivity contribution < 1.29 is 14.7 Å². The second kappa shape index (κ2) is 7.43. The van der Waals surface area contributed by atoms with E-state index >= 15 is 0 Å². The fourth-order valence-corrected chi connectivity index (χ4v) is 2.81. The van der Waals surface area contributed by atoms with Gasteiger partial charge in [-0.15, -0.1) is 0 Å². The third-order valence-electron chi connectivity index (χ3n) is 3.64. The Labute approximate surface area is 128 Å². The predicted molar refractivity (Wildman–Crippen MR) is 80.2 cm³/mol. The molecule has 0 saturated carbocycles. The second-order valence-electron chi connectivity index (χ2n) is 5.28. The SMILES string of the molecule is O=C(CC1CCCNC1)N[C@@H](C(=O)O)c1ccccc1Cl. The first-order chi connectivity index (χ1) is 10.1. The van der Waals surface area contributed by atoms with Crippen molar-refractivity contribution >= 4 is 23.5 Å². The molecule has 2 rings (SSSR count). The normalized spacial score (nSPS) is 19.8. The molecular weight excluding hydrogens is 292 g/mol. The van der Waals surface area contributed by atoms with Gasteiger partial charge in [0.2, 0.25) is 5.91 Å². The summed E-state index contributed by atoms with van der Waals surface area (Å²) < 4.78 is 0. The molecule has 1 aromatic rings. The molecule has 5 nitrogen and oxygen atoms in total. The average molecular weight is 311 g/mol. The Kier molecular flexibility index (Phi) is 5.59. The van der Waals surface area contributed by atoms with Gasteiger partial charge in [-0.25, -0.2) is 4.79 Å². The summed E-state index contributed by atoms with van der Waals surface area (Å²) in [5.41, 5.74) is 0.404. The smallest absolute Gasteiger partial charge is 0.330 e. The van der Waals surface area contributed by atoms with Crippen molar-refractivity contribution in [3.8, 4) is 0 Å². The third-order valence-corrected chi connectivity index (χ3v) is 3.99. The molecule has 21 heavy (non-hydrogen) atoms. The number of piperidine rings is 1. The molecule has 1 heterocycles. The molecule has 3 N–H and O–H groups in total. The topological polar surface area (TPSA) is 78.4 Å². The van der Waals surface area contributed by atoms with Crippen molar-refractivity contribution in [1.29, 1.82) is 0 Å². The van der Waals surface area contributed by atoms with Gasteiger partial charge in [-0.1, -0.05) is 29.8 Å². The monoisotopic (exact) mass is 310 g/mol. The van der Waals surface area contributed by atoms with Gasteiger partial charge in [-0.3, -0.25) is 4.79 Å². The van der Waals surface area contributed by atoms with Gasteiger partial charge in [0.05, 0.1) is 0 Å². The molecule has 2 atom stereocenters. The summed E-state index contributed by atoms with van der Waals surface area (Å²) in [5.74, 6) is -1.10. The summed E-state index contributed by atoms with van der Waals surface area (Å²) in [6.45, 7) is 1.78. The summed E-state index contributed by atoms with van der Waals surface area (Å²) in [6, 6.07) is 5.55. The van der Waals surface area contributed by atoms with E-state index in [9.17, 15) is 14.7 Å². The third kappa shape index (κ3) is 4.44. The van der Waals surface area contributed by atoms with E-state index in [1.54, 1.807) is 24.3 Å². The van der Waals surface area contributed by atoms with Crippen LogP contribution in [0.2, 0.25) is 5.02 Å². The van der Waals surface area contributed by atoms with Crippen LogP contribution in [0.25, 0.3) is 0 Å². The van der Waals surface area contributed by atoms with E-state index in [1.807, 2.05) is 0 Å². The highest BCUT2D eigenvalue weighted by molar-refractivity contribution is 6.31. The number of amides is 1. The van der Waals surface area contributed by atoms with Gasteiger partial charge in [0.1, 0.15) is 0 Å². The van der Waals surface area contributed by atoms with E-state index in [4.69, 9.17) is 11.6 Å². The Morgan fingerprint density at radius 3 is 2.81 bits per heavy atom. The molecule has 6 heteroatoms. The van der Waals surface area contributed by atoms with Crippen molar-refractivity contribution in [2.24, 2.45) is 5.92 Å². The van der Waals surface area contributed by atoms with Crippen LogP contribution in [0.5, 0.6) is 0 Å². The minimum Gasteiger partial charge on any atom is -0.479 e. The van der Waals surface area contributed by atoms with Crippen LogP contribution >= 0.6 is 11.6 Å². The van der Waals surface area contributed by atoms with Crippen molar-refractivity contribution in [2.75, 3.05) is 13.1 Å². The maximum Gasteiger partial charge on any atom is 0.330 e. The molecule has 1 aliphatic heterocycles. The quantitative estimate of drug-likeness (QED) is 0.777. The van der Waals surface area contributed by atoms with Crippen molar-refractivity contribution in [3.05, 3.63) is 34.9 Å². The van der Waals surface area contributed by atoms with Gasteiger partial charge in [0, 0.05) is 17.0 Å². The number of carbonyl (C=O) groups is 2. The van der Waals surface area contributed by atoms with Crippen LogP contribution in [0.4, 0.5) is 0 Å². The van der Waals surface area contributed by atoms with Crippen molar-refractivity contribution in [2.45, 2.75) is 25.3 Å². The minimum absolute atomic E-state index is 0.254. The number of hydrogen-bond donors (Lipinski definition) is 3. The first-order valence-corrected chi connectivity index (χ1v) is 7.43. The molecule has 1 fully saturated rings. The van der Waals surface area contributed by atoms with E-state index in [-0.39, 0.29) is 11.8 Å². The van der Waals surface area contributed by atoms with Gasteiger partial charge in [0.25, 0.3) is 0 Å². The van der Waals surface area contributed by atoms with Crippen LogP contribution in [-0.4, -0.2) is 30.1 Å². The van der Waals surface area contributed by atoms with E-state index < -0.39 is 12.0 Å². The number of benzene rings is 1. The molecule has 0 radical (unpaired) electrons. The maximum absolute atomic E-state index is 12.1. The molecule has 1 amide bonds. The van der Waals surface area contributed by atoms with Gasteiger partial charge < -0.3 is 15.7 Å². The van der Waals surface area contributed by atoms with E-state index in [0.29, 0.717) is 17.0 Å². The van der Waals surface area contributed by atoms with Crippen molar-refractivity contribution in [1.82, 2.24) is 10.6 Å². The molecule has 1 aromatic carbocycles. The fourth-order valence-electron chi connectivity index (χ4n) is 2.56. The fraction of sp³-hybridized carbons (Fsp3) is 0.467. The van der Waals surface area contributed by atoms with E-state index in [2.05, 4.69) is 10.6 Å². The zero-order chi connectivity index (χ0) is 15.2. The molecule has 0 spiro atoms. The first-order valence-electron chi connectivity index (χ1n) is 7.05. The lowest BCUT2D eigenvalue weighted by Crippen LogP contribution is -2.37. The average Bonchev–Trinajstić information content (AvgIpc) is 2.46. The predicted octanol–water partition coefficient (Wildman–Crippen LogP) is 1.97. The molecular formula is C15H19ClN2O3. The number of carboxylic acids is 1. The second-order valence-corrected chi connectivity index (χ2v) is 5.68. The summed E-state index contributed by atoms with van der Waals surface area (Å²) >= 11 is 6.01. The largest absolute Gasteiger partial charge is 0.479 e. The number of carboxylic acid groups (broad SMARTS) is 1. The van der Waals surface area contributed by atoms with Crippen LogP contribution in [0, 0.1) is 5.92 Å². The number of rotatable bonds is 5. The van der Waals surface area contributed by atoms with Crippen LogP contribution in [-0.2, 0) is 9.59 Å². The van der Waals surface area contributed by atoms with Crippen LogP contribution < -0.4 is 10.6 Å². The molecule has 114 valence electrons. The summed E-state index contributed by atoms with van der Waals surface area (Å²) in [7, 11) is 0. The highest BCUT2D eigenvalue weighted by Gasteiger charge is 2.25. The van der Waals surface area contributed by atoms with Crippen LogP contribution in [0.1, 0.15) is 30.9 Å². The van der Waals surface area contributed by atoms with E-state index in [1.165, 1.54) is 0 Å². The van der Waals surface area contributed by atoms with Crippen molar-refractivity contribution in [3.63, 3.8) is 0 Å². The Bertz CT molecular complexity index is 515. The zero-order valence-electron chi connectivity index (χ0n) is 11.6. The highest BCUT2D eigenvalue weighted by atomic mass is 35.5. The van der Waals surface area contributed by atoms with Gasteiger partial charge >= 0.3 is 5.97 Å². The Morgan fingerprint density at radius 1 is 1.43 bits per heavy atom. The zero-order valence-corrected chi connectivity index (χ0v) is 12.4. The lowest BCUT2D eigenvalue weighted by molar-refractivity contribution is -0.142. The van der Waals surface area contributed by atoms with Gasteiger partial charge in [-0.05, 0) is 37.9 Å².